The smallest absolute Gasteiger partial charge is 0.258 e. The fourth-order valence-corrected chi connectivity index (χ4v) is 2.81. The van der Waals surface area contributed by atoms with Gasteiger partial charge in [-0.05, 0) is 17.7 Å². The van der Waals surface area contributed by atoms with E-state index in [4.69, 9.17) is 5.73 Å². The number of aromatic amines is 1. The van der Waals surface area contributed by atoms with Gasteiger partial charge in [0.25, 0.3) is 5.56 Å². The van der Waals surface area contributed by atoms with Crippen molar-refractivity contribution in [3.8, 4) is 0 Å². The summed E-state index contributed by atoms with van der Waals surface area (Å²) in [5.41, 5.74) is 6.51. The summed E-state index contributed by atoms with van der Waals surface area (Å²) in [4.78, 5) is 30.4. The van der Waals surface area contributed by atoms with E-state index in [2.05, 4.69) is 31.2 Å². The van der Waals surface area contributed by atoms with Gasteiger partial charge in [0.05, 0.1) is 5.56 Å². The summed E-state index contributed by atoms with van der Waals surface area (Å²) in [6.45, 7) is 0. The van der Waals surface area contributed by atoms with Gasteiger partial charge >= 0.3 is 0 Å². The molecule has 7 heteroatoms. The Balaban J connectivity index is 2.20. The number of amides is 1. The number of fused-ring (bicyclic) bond motifs is 1. The van der Waals surface area contributed by atoms with Crippen LogP contribution in [0.1, 0.15) is 23.5 Å². The Morgan fingerprint density at radius 2 is 2.15 bits per heavy atom. The molecule has 0 saturated heterocycles. The minimum atomic E-state index is -0.326. The standard InChI is InChI=1S/C13H11BrN4O2/c14-7-3-1-2-6(4-7)8-5-9(19)16-11-10(8)12(20)18-13(15)17-11/h1-4,8H,5H2,(H4,15,16,17,18,19,20)/t8-/m1/s1. The Bertz CT molecular complexity index is 756. The SMILES string of the molecule is Nc1nc2c(c(=O)[nH]1)[C@@H](c1cccc(Br)c1)CC(=O)N2. The molecule has 2 aromatic rings. The van der Waals surface area contributed by atoms with E-state index in [1.165, 1.54) is 0 Å². The lowest BCUT2D eigenvalue weighted by molar-refractivity contribution is -0.116. The van der Waals surface area contributed by atoms with Crippen molar-refractivity contribution in [3.05, 3.63) is 50.2 Å². The summed E-state index contributed by atoms with van der Waals surface area (Å²) < 4.78 is 0.891. The first-order valence-corrected chi connectivity index (χ1v) is 6.79. The Morgan fingerprint density at radius 1 is 1.35 bits per heavy atom. The molecule has 0 spiro atoms. The van der Waals surface area contributed by atoms with Crippen LogP contribution in [0, 0.1) is 0 Å². The van der Waals surface area contributed by atoms with Crippen LogP contribution in [0.15, 0.2) is 33.5 Å². The molecule has 1 amide bonds. The number of halogens is 1. The number of rotatable bonds is 1. The first-order chi connectivity index (χ1) is 9.54. The van der Waals surface area contributed by atoms with Crippen molar-refractivity contribution in [2.45, 2.75) is 12.3 Å². The predicted molar refractivity (Wildman–Crippen MR) is 78.5 cm³/mol. The van der Waals surface area contributed by atoms with Gasteiger partial charge in [-0.15, -0.1) is 0 Å². The molecule has 102 valence electrons. The number of nitrogens with one attached hydrogen (secondary N) is 2. The summed E-state index contributed by atoms with van der Waals surface area (Å²) >= 11 is 3.39. The zero-order valence-electron chi connectivity index (χ0n) is 10.3. The number of carbonyl (C=O) groups excluding carboxylic acids is 1. The normalized spacial score (nSPS) is 17.4. The van der Waals surface area contributed by atoms with E-state index >= 15 is 0 Å². The van der Waals surface area contributed by atoms with Crippen LogP contribution in [0.3, 0.4) is 0 Å². The molecule has 20 heavy (non-hydrogen) atoms. The molecule has 0 aliphatic carbocycles. The van der Waals surface area contributed by atoms with Gasteiger partial charge in [-0.3, -0.25) is 14.6 Å². The van der Waals surface area contributed by atoms with Crippen molar-refractivity contribution in [2.75, 3.05) is 11.1 Å². The van der Waals surface area contributed by atoms with E-state index in [9.17, 15) is 9.59 Å². The summed E-state index contributed by atoms with van der Waals surface area (Å²) in [7, 11) is 0. The van der Waals surface area contributed by atoms with Crippen molar-refractivity contribution in [1.82, 2.24) is 9.97 Å². The highest BCUT2D eigenvalue weighted by Gasteiger charge is 2.30. The van der Waals surface area contributed by atoms with E-state index in [0.717, 1.165) is 10.0 Å². The van der Waals surface area contributed by atoms with Gasteiger partial charge in [-0.1, -0.05) is 28.1 Å². The number of H-pyrrole nitrogens is 1. The van der Waals surface area contributed by atoms with E-state index in [1.54, 1.807) is 0 Å². The molecule has 1 aliphatic rings. The van der Waals surface area contributed by atoms with E-state index in [1.807, 2.05) is 24.3 Å². The lowest BCUT2D eigenvalue weighted by Crippen LogP contribution is -2.31. The van der Waals surface area contributed by atoms with Crippen LogP contribution < -0.4 is 16.6 Å². The van der Waals surface area contributed by atoms with E-state index in [-0.39, 0.29) is 35.6 Å². The number of aromatic nitrogens is 2. The van der Waals surface area contributed by atoms with Crippen molar-refractivity contribution in [2.24, 2.45) is 0 Å². The van der Waals surface area contributed by atoms with Crippen molar-refractivity contribution < 1.29 is 4.79 Å². The van der Waals surface area contributed by atoms with Gasteiger partial charge in [-0.2, -0.15) is 4.98 Å². The van der Waals surface area contributed by atoms with Crippen LogP contribution in [0.4, 0.5) is 11.8 Å². The molecular weight excluding hydrogens is 324 g/mol. The monoisotopic (exact) mass is 334 g/mol. The lowest BCUT2D eigenvalue weighted by atomic mass is 9.87. The first kappa shape index (κ1) is 12.9. The summed E-state index contributed by atoms with van der Waals surface area (Å²) in [5, 5.41) is 2.59. The third kappa shape index (κ3) is 2.20. The molecule has 0 fully saturated rings. The molecule has 6 nitrogen and oxygen atoms in total. The molecule has 0 bridgehead atoms. The first-order valence-electron chi connectivity index (χ1n) is 5.99. The van der Waals surface area contributed by atoms with Gasteiger partial charge in [0, 0.05) is 16.8 Å². The third-order valence-electron chi connectivity index (χ3n) is 3.22. The summed E-state index contributed by atoms with van der Waals surface area (Å²) in [6, 6.07) is 7.53. The third-order valence-corrected chi connectivity index (χ3v) is 3.71. The van der Waals surface area contributed by atoms with Crippen molar-refractivity contribution >= 4 is 33.6 Å². The number of hydrogen-bond acceptors (Lipinski definition) is 4. The number of benzene rings is 1. The molecule has 1 aromatic heterocycles. The lowest BCUT2D eigenvalue weighted by Gasteiger charge is -2.24. The molecule has 1 atom stereocenters. The maximum absolute atomic E-state index is 12.1. The van der Waals surface area contributed by atoms with Crippen LogP contribution in [-0.2, 0) is 4.79 Å². The molecular formula is C13H11BrN4O2. The number of anilines is 2. The zero-order valence-corrected chi connectivity index (χ0v) is 11.9. The molecule has 2 heterocycles. The van der Waals surface area contributed by atoms with Gasteiger partial charge in [-0.25, -0.2) is 0 Å². The zero-order chi connectivity index (χ0) is 14.3. The largest absolute Gasteiger partial charge is 0.369 e. The van der Waals surface area contributed by atoms with Crippen LogP contribution >= 0.6 is 15.9 Å². The maximum atomic E-state index is 12.1. The maximum Gasteiger partial charge on any atom is 0.258 e. The van der Waals surface area contributed by atoms with Gasteiger partial charge < -0.3 is 11.1 Å². The summed E-state index contributed by atoms with van der Waals surface area (Å²) in [6.07, 6.45) is 0.206. The minimum absolute atomic E-state index is 0.0102. The molecule has 0 radical (unpaired) electrons. The van der Waals surface area contributed by atoms with E-state index < -0.39 is 0 Å². The van der Waals surface area contributed by atoms with Crippen LogP contribution in [-0.4, -0.2) is 15.9 Å². The van der Waals surface area contributed by atoms with Gasteiger partial charge in [0.2, 0.25) is 11.9 Å². The van der Waals surface area contributed by atoms with Crippen LogP contribution in [0.25, 0.3) is 0 Å². The van der Waals surface area contributed by atoms with Gasteiger partial charge in [0.1, 0.15) is 5.82 Å². The molecule has 1 aromatic carbocycles. The number of nitrogen functional groups attached to an aromatic ring is 1. The second-order valence-corrected chi connectivity index (χ2v) is 5.49. The second kappa shape index (κ2) is 4.75. The van der Waals surface area contributed by atoms with Crippen molar-refractivity contribution in [3.63, 3.8) is 0 Å². The Labute approximate surface area is 122 Å². The summed E-state index contributed by atoms with van der Waals surface area (Å²) in [5.74, 6) is -0.274. The quantitative estimate of drug-likeness (QED) is 0.737. The highest BCUT2D eigenvalue weighted by molar-refractivity contribution is 9.10. The Kier molecular flexibility index (Phi) is 3.06. The highest BCUT2D eigenvalue weighted by Crippen LogP contribution is 2.34. The Hall–Kier alpha value is -2.15. The number of hydrogen-bond donors (Lipinski definition) is 3. The minimum Gasteiger partial charge on any atom is -0.369 e. The highest BCUT2D eigenvalue weighted by atomic mass is 79.9. The second-order valence-electron chi connectivity index (χ2n) is 4.57. The number of carbonyl (C=O) groups is 1. The fraction of sp³-hybridized carbons (Fsp3) is 0.154. The number of nitrogens with two attached hydrogens (primary N) is 1. The molecule has 1 aliphatic heterocycles. The fourth-order valence-electron chi connectivity index (χ4n) is 2.40. The Morgan fingerprint density at radius 3 is 2.90 bits per heavy atom. The number of nitrogens with zero attached hydrogens (tertiary/aromatic N) is 1. The van der Waals surface area contributed by atoms with Crippen molar-refractivity contribution in [1.29, 1.82) is 0 Å². The average Bonchev–Trinajstić information content (AvgIpc) is 2.36. The van der Waals surface area contributed by atoms with Gasteiger partial charge in [0.15, 0.2) is 0 Å². The van der Waals surface area contributed by atoms with Crippen LogP contribution in [0.2, 0.25) is 0 Å². The predicted octanol–water partition coefficient (Wildman–Crippen LogP) is 1.59. The molecule has 3 rings (SSSR count). The molecule has 4 N–H and O–H groups in total. The average molecular weight is 335 g/mol. The molecule has 0 saturated carbocycles. The van der Waals surface area contributed by atoms with E-state index in [0.29, 0.717) is 5.56 Å². The van der Waals surface area contributed by atoms with Crippen LogP contribution in [0.5, 0.6) is 0 Å². The molecule has 0 unspecified atom stereocenters. The topological polar surface area (TPSA) is 101 Å².